The summed E-state index contributed by atoms with van der Waals surface area (Å²) in [5.74, 6) is 0. The number of aryl methyl sites for hydroxylation is 1. The number of hydrogen-bond acceptors (Lipinski definition) is 2. The number of ether oxygens (including phenoxy) is 2. The molecule has 3 rings (SSSR count). The molecule has 19 heavy (non-hydrogen) atoms. The molecule has 1 aliphatic rings. The van der Waals surface area contributed by atoms with Crippen molar-refractivity contribution in [3.05, 3.63) is 71.3 Å². The average Bonchev–Trinajstić information content (AvgIpc) is 3.26. The van der Waals surface area contributed by atoms with Gasteiger partial charge in [0, 0.05) is 0 Å². The van der Waals surface area contributed by atoms with Crippen molar-refractivity contribution < 1.29 is 9.47 Å². The first-order valence-electron chi connectivity index (χ1n) is 6.68. The lowest BCUT2D eigenvalue weighted by molar-refractivity contribution is 0.0668. The third-order valence-electron chi connectivity index (χ3n) is 3.42. The summed E-state index contributed by atoms with van der Waals surface area (Å²) in [6.45, 7) is 3.62. The maximum absolute atomic E-state index is 6.09. The van der Waals surface area contributed by atoms with E-state index in [4.69, 9.17) is 9.47 Å². The summed E-state index contributed by atoms with van der Waals surface area (Å²) in [6.07, 6.45) is 0.279. The summed E-state index contributed by atoms with van der Waals surface area (Å²) in [4.78, 5) is 0. The van der Waals surface area contributed by atoms with Crippen LogP contribution in [0.5, 0.6) is 0 Å². The van der Waals surface area contributed by atoms with Crippen LogP contribution in [0.25, 0.3) is 0 Å². The third-order valence-corrected chi connectivity index (χ3v) is 3.42. The standard InChI is InChI=1S/C17H18O2/c1-13-7-5-6-10-16(13)17(19-12-15-11-18-15)14-8-3-2-4-9-14/h2-10,15,17H,11-12H2,1H3/t15-,17+/m0/s1. The summed E-state index contributed by atoms with van der Waals surface area (Å²) in [6, 6.07) is 18.8. The molecule has 2 nitrogen and oxygen atoms in total. The molecule has 2 heteroatoms. The van der Waals surface area contributed by atoms with Gasteiger partial charge in [0.25, 0.3) is 0 Å². The Balaban J connectivity index is 1.89. The average molecular weight is 254 g/mol. The molecule has 0 aromatic heterocycles. The fraction of sp³-hybridized carbons (Fsp3) is 0.294. The van der Waals surface area contributed by atoms with E-state index < -0.39 is 0 Å². The van der Waals surface area contributed by atoms with Crippen LogP contribution in [0.2, 0.25) is 0 Å². The molecule has 0 aliphatic carbocycles. The molecule has 0 amide bonds. The highest BCUT2D eigenvalue weighted by Crippen LogP contribution is 2.29. The minimum absolute atomic E-state index is 0.00778. The molecule has 2 aromatic rings. The molecule has 0 saturated carbocycles. The lowest BCUT2D eigenvalue weighted by Crippen LogP contribution is -2.11. The van der Waals surface area contributed by atoms with Gasteiger partial charge in [-0.25, -0.2) is 0 Å². The Morgan fingerprint density at radius 1 is 1.11 bits per heavy atom. The Labute approximate surface area is 114 Å². The van der Waals surface area contributed by atoms with Crippen molar-refractivity contribution in [2.75, 3.05) is 13.2 Å². The van der Waals surface area contributed by atoms with E-state index in [1.807, 2.05) is 6.07 Å². The van der Waals surface area contributed by atoms with E-state index in [0.29, 0.717) is 6.61 Å². The Morgan fingerprint density at radius 2 is 1.79 bits per heavy atom. The highest BCUT2D eigenvalue weighted by atomic mass is 16.6. The van der Waals surface area contributed by atoms with Gasteiger partial charge in [0.05, 0.1) is 13.2 Å². The summed E-state index contributed by atoms with van der Waals surface area (Å²) >= 11 is 0. The SMILES string of the molecule is Cc1ccccc1[C@H](OC[C@@H]1CO1)c1ccccc1. The van der Waals surface area contributed by atoms with Crippen LogP contribution in [0.4, 0.5) is 0 Å². The first-order valence-corrected chi connectivity index (χ1v) is 6.68. The molecule has 98 valence electrons. The highest BCUT2D eigenvalue weighted by molar-refractivity contribution is 5.35. The number of hydrogen-bond donors (Lipinski definition) is 0. The lowest BCUT2D eigenvalue weighted by atomic mass is 9.97. The maximum Gasteiger partial charge on any atom is 0.108 e. The van der Waals surface area contributed by atoms with Gasteiger partial charge in [-0.05, 0) is 23.6 Å². The first kappa shape index (κ1) is 12.4. The van der Waals surface area contributed by atoms with Gasteiger partial charge in [-0.1, -0.05) is 54.6 Å². The molecular weight excluding hydrogens is 236 g/mol. The van der Waals surface area contributed by atoms with Gasteiger partial charge >= 0.3 is 0 Å². The Hall–Kier alpha value is -1.64. The van der Waals surface area contributed by atoms with Gasteiger partial charge in [-0.2, -0.15) is 0 Å². The molecule has 0 N–H and O–H groups in total. The van der Waals surface area contributed by atoms with E-state index in [-0.39, 0.29) is 12.2 Å². The molecule has 0 spiro atoms. The second kappa shape index (κ2) is 5.55. The summed E-state index contributed by atoms with van der Waals surface area (Å²) in [5.41, 5.74) is 3.68. The van der Waals surface area contributed by atoms with E-state index in [0.717, 1.165) is 6.61 Å². The molecule has 0 bridgehead atoms. The fourth-order valence-electron chi connectivity index (χ4n) is 2.24. The zero-order valence-electron chi connectivity index (χ0n) is 11.1. The Bertz CT molecular complexity index is 532. The molecule has 1 heterocycles. The van der Waals surface area contributed by atoms with E-state index in [2.05, 4.69) is 55.5 Å². The van der Waals surface area contributed by atoms with Crippen LogP contribution < -0.4 is 0 Å². The predicted molar refractivity (Wildman–Crippen MR) is 75.2 cm³/mol. The molecule has 0 unspecified atom stereocenters. The van der Waals surface area contributed by atoms with Crippen LogP contribution >= 0.6 is 0 Å². The van der Waals surface area contributed by atoms with Crippen molar-refractivity contribution in [3.8, 4) is 0 Å². The van der Waals surface area contributed by atoms with Crippen molar-refractivity contribution in [1.29, 1.82) is 0 Å². The van der Waals surface area contributed by atoms with Crippen LogP contribution in [0.1, 0.15) is 22.8 Å². The smallest absolute Gasteiger partial charge is 0.108 e. The van der Waals surface area contributed by atoms with Crippen LogP contribution in [0, 0.1) is 6.92 Å². The Morgan fingerprint density at radius 3 is 2.47 bits per heavy atom. The third kappa shape index (κ3) is 3.03. The fourth-order valence-corrected chi connectivity index (χ4v) is 2.24. The monoisotopic (exact) mass is 254 g/mol. The van der Waals surface area contributed by atoms with E-state index in [9.17, 15) is 0 Å². The Kier molecular flexibility index (Phi) is 3.62. The van der Waals surface area contributed by atoms with Crippen molar-refractivity contribution in [1.82, 2.24) is 0 Å². The first-order chi connectivity index (χ1) is 9.34. The zero-order valence-corrected chi connectivity index (χ0v) is 11.1. The topological polar surface area (TPSA) is 21.8 Å². The van der Waals surface area contributed by atoms with Gasteiger partial charge in [-0.15, -0.1) is 0 Å². The molecular formula is C17H18O2. The zero-order chi connectivity index (χ0) is 13.1. The van der Waals surface area contributed by atoms with Crippen molar-refractivity contribution in [3.63, 3.8) is 0 Å². The van der Waals surface area contributed by atoms with E-state index in [1.54, 1.807) is 0 Å². The molecule has 0 radical (unpaired) electrons. The van der Waals surface area contributed by atoms with Gasteiger partial charge in [0.15, 0.2) is 0 Å². The summed E-state index contributed by atoms with van der Waals surface area (Å²) in [7, 11) is 0. The van der Waals surface area contributed by atoms with Gasteiger partial charge in [0.2, 0.25) is 0 Å². The number of benzene rings is 2. The number of epoxide rings is 1. The second-order valence-corrected chi connectivity index (χ2v) is 4.94. The van der Waals surface area contributed by atoms with Crippen molar-refractivity contribution >= 4 is 0 Å². The van der Waals surface area contributed by atoms with Crippen molar-refractivity contribution in [2.45, 2.75) is 19.1 Å². The summed E-state index contributed by atoms with van der Waals surface area (Å²) < 4.78 is 11.3. The molecule has 1 fully saturated rings. The van der Waals surface area contributed by atoms with Gasteiger partial charge in [-0.3, -0.25) is 0 Å². The minimum atomic E-state index is -0.00778. The normalized spacial score (nSPS) is 19.1. The largest absolute Gasteiger partial charge is 0.371 e. The highest BCUT2D eigenvalue weighted by Gasteiger charge is 2.25. The van der Waals surface area contributed by atoms with Crippen LogP contribution in [-0.4, -0.2) is 19.3 Å². The van der Waals surface area contributed by atoms with Crippen LogP contribution in [0.15, 0.2) is 54.6 Å². The van der Waals surface area contributed by atoms with Gasteiger partial charge in [0.1, 0.15) is 12.2 Å². The predicted octanol–water partition coefficient (Wildman–Crippen LogP) is 3.50. The van der Waals surface area contributed by atoms with Crippen LogP contribution in [-0.2, 0) is 9.47 Å². The van der Waals surface area contributed by atoms with Gasteiger partial charge < -0.3 is 9.47 Å². The minimum Gasteiger partial charge on any atom is -0.371 e. The second-order valence-electron chi connectivity index (χ2n) is 4.94. The molecule has 2 atom stereocenters. The lowest BCUT2D eigenvalue weighted by Gasteiger charge is -2.20. The molecule has 1 saturated heterocycles. The quantitative estimate of drug-likeness (QED) is 0.762. The van der Waals surface area contributed by atoms with E-state index >= 15 is 0 Å². The maximum atomic E-state index is 6.09. The molecule has 1 aliphatic heterocycles. The number of rotatable bonds is 5. The van der Waals surface area contributed by atoms with Crippen molar-refractivity contribution in [2.24, 2.45) is 0 Å². The molecule has 2 aromatic carbocycles. The van der Waals surface area contributed by atoms with Crippen LogP contribution in [0.3, 0.4) is 0 Å². The summed E-state index contributed by atoms with van der Waals surface area (Å²) in [5, 5.41) is 0. The van der Waals surface area contributed by atoms with E-state index in [1.165, 1.54) is 16.7 Å².